The van der Waals surface area contributed by atoms with Crippen LogP contribution in [0.15, 0.2) is 5.38 Å². The second-order valence-corrected chi connectivity index (χ2v) is 5.05. The zero-order valence-corrected chi connectivity index (χ0v) is 9.95. The van der Waals surface area contributed by atoms with E-state index in [1.54, 1.807) is 11.3 Å². The molecule has 0 amide bonds. The normalized spacial score (nSPS) is 13.6. The van der Waals surface area contributed by atoms with Gasteiger partial charge in [0.25, 0.3) is 0 Å². The number of hydrogen-bond donors (Lipinski definition) is 0. The molecule has 0 aliphatic heterocycles. The molecule has 1 aromatic rings. The van der Waals surface area contributed by atoms with Gasteiger partial charge in [0.15, 0.2) is 0 Å². The van der Waals surface area contributed by atoms with Crippen LogP contribution in [0.4, 0.5) is 0 Å². The molecule has 0 radical (unpaired) electrons. The topological polar surface area (TPSA) is 12.9 Å². The van der Waals surface area contributed by atoms with Gasteiger partial charge in [-0.3, -0.25) is 0 Å². The number of hydrogen-bond acceptors (Lipinski definition) is 2. The maximum absolute atomic E-state index is 6.17. The summed E-state index contributed by atoms with van der Waals surface area (Å²) >= 11 is 7.89. The number of alkyl halides is 1. The average Bonchev–Trinajstić information content (AvgIpc) is 2.52. The molecule has 13 heavy (non-hydrogen) atoms. The Kier molecular flexibility index (Phi) is 4.20. The van der Waals surface area contributed by atoms with Gasteiger partial charge >= 0.3 is 0 Å². The molecule has 1 rings (SSSR count). The van der Waals surface area contributed by atoms with Gasteiger partial charge in [-0.1, -0.05) is 20.8 Å². The van der Waals surface area contributed by atoms with Crippen molar-refractivity contribution in [3.8, 4) is 0 Å². The van der Waals surface area contributed by atoms with Crippen LogP contribution in [0.1, 0.15) is 31.5 Å². The zero-order valence-electron chi connectivity index (χ0n) is 8.38. The van der Waals surface area contributed by atoms with E-state index in [2.05, 4.69) is 31.1 Å². The number of thiazole rings is 1. The first-order valence-corrected chi connectivity index (χ1v) is 6.02. The van der Waals surface area contributed by atoms with Gasteiger partial charge in [0.05, 0.1) is 10.7 Å². The van der Waals surface area contributed by atoms with Gasteiger partial charge in [-0.15, -0.1) is 22.9 Å². The molecule has 0 aromatic carbocycles. The van der Waals surface area contributed by atoms with Crippen molar-refractivity contribution >= 4 is 22.9 Å². The SMILES string of the molecule is CCc1csc(CC(Cl)C(C)C)n1. The Balaban J connectivity index is 2.53. The predicted octanol–water partition coefficient (Wildman–Crippen LogP) is 3.51. The van der Waals surface area contributed by atoms with Crippen LogP contribution < -0.4 is 0 Å². The number of rotatable bonds is 4. The van der Waals surface area contributed by atoms with Crippen LogP contribution >= 0.6 is 22.9 Å². The molecular weight excluding hydrogens is 202 g/mol. The second kappa shape index (κ2) is 4.97. The van der Waals surface area contributed by atoms with E-state index < -0.39 is 0 Å². The molecule has 0 N–H and O–H groups in total. The number of aromatic nitrogens is 1. The molecule has 0 spiro atoms. The first-order valence-electron chi connectivity index (χ1n) is 4.70. The number of aryl methyl sites for hydroxylation is 1. The monoisotopic (exact) mass is 217 g/mol. The van der Waals surface area contributed by atoms with E-state index in [4.69, 9.17) is 11.6 Å². The highest BCUT2D eigenvalue weighted by atomic mass is 35.5. The predicted molar refractivity (Wildman–Crippen MR) is 59.7 cm³/mol. The maximum Gasteiger partial charge on any atom is 0.0943 e. The van der Waals surface area contributed by atoms with E-state index in [0.29, 0.717) is 5.92 Å². The first-order chi connectivity index (χ1) is 6.13. The van der Waals surface area contributed by atoms with Crippen molar-refractivity contribution in [1.29, 1.82) is 0 Å². The van der Waals surface area contributed by atoms with Crippen LogP contribution in [-0.2, 0) is 12.8 Å². The molecule has 1 aromatic heterocycles. The van der Waals surface area contributed by atoms with Crippen LogP contribution in [0.25, 0.3) is 0 Å². The Hall–Kier alpha value is -0.0800. The van der Waals surface area contributed by atoms with Crippen LogP contribution in [-0.4, -0.2) is 10.4 Å². The van der Waals surface area contributed by atoms with Crippen LogP contribution in [0, 0.1) is 5.92 Å². The van der Waals surface area contributed by atoms with Crippen LogP contribution in [0.5, 0.6) is 0 Å². The molecule has 0 saturated heterocycles. The van der Waals surface area contributed by atoms with E-state index in [9.17, 15) is 0 Å². The molecule has 3 heteroatoms. The average molecular weight is 218 g/mol. The summed E-state index contributed by atoms with van der Waals surface area (Å²) < 4.78 is 0. The summed E-state index contributed by atoms with van der Waals surface area (Å²) in [7, 11) is 0. The van der Waals surface area contributed by atoms with Crippen LogP contribution in [0.2, 0.25) is 0 Å². The minimum atomic E-state index is 0.218. The first kappa shape index (κ1) is 11.0. The summed E-state index contributed by atoms with van der Waals surface area (Å²) in [4.78, 5) is 4.49. The minimum Gasteiger partial charge on any atom is -0.246 e. The fourth-order valence-electron chi connectivity index (χ4n) is 1.01. The van der Waals surface area contributed by atoms with Gasteiger partial charge in [0.2, 0.25) is 0 Å². The lowest BCUT2D eigenvalue weighted by molar-refractivity contribution is 0.594. The van der Waals surface area contributed by atoms with E-state index >= 15 is 0 Å². The lowest BCUT2D eigenvalue weighted by Crippen LogP contribution is -2.10. The van der Waals surface area contributed by atoms with Crippen molar-refractivity contribution in [2.45, 2.75) is 39.0 Å². The van der Waals surface area contributed by atoms with E-state index in [1.165, 1.54) is 10.7 Å². The summed E-state index contributed by atoms with van der Waals surface area (Å²) in [5.74, 6) is 0.524. The van der Waals surface area contributed by atoms with Crippen molar-refractivity contribution in [3.63, 3.8) is 0 Å². The standard InChI is InChI=1S/C10H16ClNS/c1-4-8-6-13-10(12-8)5-9(11)7(2)3/h6-7,9H,4-5H2,1-3H3. The maximum atomic E-state index is 6.17. The highest BCUT2D eigenvalue weighted by Crippen LogP contribution is 2.19. The Labute approximate surface area is 89.1 Å². The summed E-state index contributed by atoms with van der Waals surface area (Å²) in [5.41, 5.74) is 1.19. The summed E-state index contributed by atoms with van der Waals surface area (Å²) in [6.07, 6.45) is 1.93. The van der Waals surface area contributed by atoms with Crippen molar-refractivity contribution < 1.29 is 0 Å². The molecule has 74 valence electrons. The van der Waals surface area contributed by atoms with Gasteiger partial charge in [0, 0.05) is 17.2 Å². The van der Waals surface area contributed by atoms with Gasteiger partial charge in [-0.05, 0) is 12.3 Å². The molecule has 1 heterocycles. The Bertz CT molecular complexity index is 257. The minimum absolute atomic E-state index is 0.218. The highest BCUT2D eigenvalue weighted by Gasteiger charge is 2.12. The summed E-state index contributed by atoms with van der Waals surface area (Å²) in [6, 6.07) is 0. The molecular formula is C10H16ClNS. The third kappa shape index (κ3) is 3.28. The van der Waals surface area contributed by atoms with Crippen molar-refractivity contribution in [1.82, 2.24) is 4.98 Å². The molecule has 1 nitrogen and oxygen atoms in total. The van der Waals surface area contributed by atoms with E-state index in [1.807, 2.05) is 0 Å². The Morgan fingerprint density at radius 1 is 1.54 bits per heavy atom. The zero-order chi connectivity index (χ0) is 9.84. The molecule has 0 aliphatic carbocycles. The fourth-order valence-corrected chi connectivity index (χ4v) is 2.18. The lowest BCUT2D eigenvalue weighted by atomic mass is 10.1. The molecule has 0 saturated carbocycles. The summed E-state index contributed by atoms with van der Waals surface area (Å²) in [6.45, 7) is 6.41. The Morgan fingerprint density at radius 2 is 2.23 bits per heavy atom. The largest absolute Gasteiger partial charge is 0.246 e. The van der Waals surface area contributed by atoms with Crippen molar-refractivity contribution in [2.24, 2.45) is 5.92 Å². The second-order valence-electron chi connectivity index (χ2n) is 3.55. The molecule has 1 unspecified atom stereocenters. The quantitative estimate of drug-likeness (QED) is 0.704. The molecule has 0 fully saturated rings. The molecule has 0 aliphatic rings. The smallest absolute Gasteiger partial charge is 0.0943 e. The van der Waals surface area contributed by atoms with Crippen molar-refractivity contribution in [2.75, 3.05) is 0 Å². The van der Waals surface area contributed by atoms with Crippen LogP contribution in [0.3, 0.4) is 0 Å². The highest BCUT2D eigenvalue weighted by molar-refractivity contribution is 7.09. The van der Waals surface area contributed by atoms with E-state index in [0.717, 1.165) is 12.8 Å². The Morgan fingerprint density at radius 3 is 2.69 bits per heavy atom. The lowest BCUT2D eigenvalue weighted by Gasteiger charge is -2.10. The fraction of sp³-hybridized carbons (Fsp3) is 0.700. The van der Waals surface area contributed by atoms with Gasteiger partial charge in [-0.25, -0.2) is 4.98 Å². The number of nitrogens with zero attached hydrogens (tertiary/aromatic N) is 1. The number of halogens is 1. The third-order valence-corrected chi connectivity index (χ3v) is 3.63. The summed E-state index contributed by atoms with van der Waals surface area (Å²) in [5, 5.41) is 3.51. The van der Waals surface area contributed by atoms with Gasteiger partial charge in [0.1, 0.15) is 0 Å². The van der Waals surface area contributed by atoms with Crippen molar-refractivity contribution in [3.05, 3.63) is 16.1 Å². The van der Waals surface area contributed by atoms with Gasteiger partial charge < -0.3 is 0 Å². The third-order valence-electron chi connectivity index (χ3n) is 2.05. The van der Waals surface area contributed by atoms with E-state index in [-0.39, 0.29) is 5.38 Å². The molecule has 1 atom stereocenters. The van der Waals surface area contributed by atoms with Gasteiger partial charge in [-0.2, -0.15) is 0 Å². The molecule has 0 bridgehead atoms.